The fourth-order valence-electron chi connectivity index (χ4n) is 7.05. The minimum absolute atomic E-state index is 0.0979. The van der Waals surface area contributed by atoms with E-state index >= 15 is 0 Å². The molecule has 0 saturated heterocycles. The van der Waals surface area contributed by atoms with E-state index in [9.17, 15) is 14.4 Å². The summed E-state index contributed by atoms with van der Waals surface area (Å²) in [6.07, 6.45) is 68.2. The van der Waals surface area contributed by atoms with Gasteiger partial charge in [0.15, 0.2) is 6.10 Å². The van der Waals surface area contributed by atoms with Gasteiger partial charge in [0.2, 0.25) is 0 Å². The highest BCUT2D eigenvalue weighted by Crippen LogP contribution is 2.15. The minimum atomic E-state index is -0.799. The highest BCUT2D eigenvalue weighted by Gasteiger charge is 2.19. The van der Waals surface area contributed by atoms with E-state index in [1.54, 1.807) is 0 Å². The molecule has 0 spiro atoms. The van der Waals surface area contributed by atoms with Crippen LogP contribution in [0.1, 0.15) is 233 Å². The molecular weight excluding hydrogens is 793 g/mol. The number of carbonyl (C=O) groups is 3. The van der Waals surface area contributed by atoms with Crippen LogP contribution in [0.5, 0.6) is 0 Å². The quantitative estimate of drug-likeness (QED) is 0.0199. The van der Waals surface area contributed by atoms with Crippen molar-refractivity contribution in [3.63, 3.8) is 0 Å². The Labute approximate surface area is 394 Å². The highest BCUT2D eigenvalue weighted by atomic mass is 16.6. The molecule has 0 aliphatic rings. The van der Waals surface area contributed by atoms with Crippen LogP contribution in [-0.2, 0) is 28.6 Å². The lowest BCUT2D eigenvalue weighted by atomic mass is 10.0. The van der Waals surface area contributed by atoms with Gasteiger partial charge in [0.25, 0.3) is 0 Å². The summed E-state index contributed by atoms with van der Waals surface area (Å²) in [5.74, 6) is -0.956. The Kier molecular flexibility index (Phi) is 49.0. The Balaban J connectivity index is 4.45. The number of ether oxygens (including phenoxy) is 3. The molecule has 1 unspecified atom stereocenters. The SMILES string of the molecule is CC\C=C/C=C\C=C/C=C\C=C\C=C/C=C\CCCCCC(=O)OCC(COC(=O)CCCCCC/C=C\CCCC)OC(=O)CCCCCCCCCCCCCCCCCCC. The Hall–Kier alpha value is -3.67. The number of allylic oxidation sites excluding steroid dienone is 16. The summed E-state index contributed by atoms with van der Waals surface area (Å²) in [6.45, 7) is 6.40. The van der Waals surface area contributed by atoms with Gasteiger partial charge in [0.05, 0.1) is 0 Å². The molecular formula is C58H96O6. The third kappa shape index (κ3) is 49.3. The minimum Gasteiger partial charge on any atom is -0.462 e. The van der Waals surface area contributed by atoms with Crippen molar-refractivity contribution in [3.05, 3.63) is 97.2 Å². The van der Waals surface area contributed by atoms with Crippen molar-refractivity contribution >= 4 is 17.9 Å². The van der Waals surface area contributed by atoms with Crippen molar-refractivity contribution in [1.82, 2.24) is 0 Å². The molecule has 364 valence electrons. The smallest absolute Gasteiger partial charge is 0.306 e. The van der Waals surface area contributed by atoms with Gasteiger partial charge in [0, 0.05) is 19.3 Å². The second-order valence-corrected chi connectivity index (χ2v) is 17.2. The average molecular weight is 889 g/mol. The molecule has 0 aromatic carbocycles. The summed E-state index contributed by atoms with van der Waals surface area (Å²) >= 11 is 0. The van der Waals surface area contributed by atoms with Crippen LogP contribution in [0.4, 0.5) is 0 Å². The topological polar surface area (TPSA) is 78.9 Å². The molecule has 6 heteroatoms. The first-order chi connectivity index (χ1) is 31.5. The summed E-state index contributed by atoms with van der Waals surface area (Å²) < 4.78 is 16.7. The first-order valence-corrected chi connectivity index (χ1v) is 26.3. The molecule has 0 rings (SSSR count). The van der Waals surface area contributed by atoms with Gasteiger partial charge in [-0.1, -0.05) is 253 Å². The Morgan fingerprint density at radius 1 is 0.328 bits per heavy atom. The van der Waals surface area contributed by atoms with Crippen LogP contribution in [-0.4, -0.2) is 37.2 Å². The van der Waals surface area contributed by atoms with Gasteiger partial charge in [-0.25, -0.2) is 0 Å². The molecule has 0 radical (unpaired) electrons. The van der Waals surface area contributed by atoms with Crippen molar-refractivity contribution in [2.75, 3.05) is 13.2 Å². The summed E-state index contributed by atoms with van der Waals surface area (Å²) in [5, 5.41) is 0. The number of rotatable bonds is 46. The number of unbranched alkanes of at least 4 members (excludes halogenated alkanes) is 25. The lowest BCUT2D eigenvalue weighted by Crippen LogP contribution is -2.30. The second kappa shape index (κ2) is 52.0. The van der Waals surface area contributed by atoms with Crippen molar-refractivity contribution in [2.24, 2.45) is 0 Å². The van der Waals surface area contributed by atoms with Crippen LogP contribution in [0.3, 0.4) is 0 Å². The maximum Gasteiger partial charge on any atom is 0.306 e. The maximum atomic E-state index is 12.8. The standard InChI is InChI=1S/C58H96O6/c1-4-7-10-13-16-19-22-24-26-28-29-31-32-34-36-39-42-45-48-51-57(60)63-54-55(53-62-56(59)50-47-44-41-38-21-18-15-12-9-6-3)64-58(61)52-49-46-43-40-37-35-33-30-27-25-23-20-17-14-11-8-5-2/h7,10,13,15-16,18-19,22,24,26,28-29,31-32,34,36,55H,4-6,8-9,11-12,14,17,20-21,23,25,27,30,33,35,37-54H2,1-3H3/b10-7-,16-13-,18-15-,22-19-,26-24-,29-28+,32-31-,36-34-. The summed E-state index contributed by atoms with van der Waals surface area (Å²) in [7, 11) is 0. The Bertz CT molecular complexity index is 1300. The molecule has 0 fully saturated rings. The van der Waals surface area contributed by atoms with E-state index in [0.717, 1.165) is 89.9 Å². The molecule has 0 aromatic heterocycles. The van der Waals surface area contributed by atoms with Gasteiger partial charge in [0.1, 0.15) is 13.2 Å². The molecule has 1 atom stereocenters. The number of hydrogen-bond donors (Lipinski definition) is 0. The van der Waals surface area contributed by atoms with Crippen LogP contribution >= 0.6 is 0 Å². The third-order valence-electron chi connectivity index (χ3n) is 11.0. The van der Waals surface area contributed by atoms with Crippen molar-refractivity contribution < 1.29 is 28.6 Å². The van der Waals surface area contributed by atoms with Crippen LogP contribution in [0.2, 0.25) is 0 Å². The second-order valence-electron chi connectivity index (χ2n) is 17.2. The van der Waals surface area contributed by atoms with Crippen LogP contribution in [0.25, 0.3) is 0 Å². The highest BCUT2D eigenvalue weighted by molar-refractivity contribution is 5.71. The molecule has 0 saturated carbocycles. The average Bonchev–Trinajstić information content (AvgIpc) is 3.29. The monoisotopic (exact) mass is 889 g/mol. The van der Waals surface area contributed by atoms with E-state index in [2.05, 4.69) is 45.1 Å². The lowest BCUT2D eigenvalue weighted by molar-refractivity contribution is -0.167. The van der Waals surface area contributed by atoms with E-state index < -0.39 is 6.10 Å². The van der Waals surface area contributed by atoms with Gasteiger partial charge in [-0.05, 0) is 57.8 Å². The fraction of sp³-hybridized carbons (Fsp3) is 0.672. The van der Waals surface area contributed by atoms with Gasteiger partial charge in [-0.3, -0.25) is 14.4 Å². The molecule has 0 amide bonds. The first kappa shape index (κ1) is 60.3. The van der Waals surface area contributed by atoms with Crippen molar-refractivity contribution in [2.45, 2.75) is 239 Å². The zero-order valence-electron chi connectivity index (χ0n) is 41.5. The largest absolute Gasteiger partial charge is 0.462 e. The Morgan fingerprint density at radius 3 is 1.06 bits per heavy atom. The normalized spacial score (nSPS) is 12.9. The van der Waals surface area contributed by atoms with Crippen molar-refractivity contribution in [1.29, 1.82) is 0 Å². The number of esters is 3. The van der Waals surface area contributed by atoms with Crippen molar-refractivity contribution in [3.8, 4) is 0 Å². The lowest BCUT2D eigenvalue weighted by Gasteiger charge is -2.18. The maximum absolute atomic E-state index is 12.8. The molecule has 6 nitrogen and oxygen atoms in total. The molecule has 0 aromatic rings. The van der Waals surface area contributed by atoms with E-state index in [4.69, 9.17) is 14.2 Å². The number of carbonyl (C=O) groups excluding carboxylic acids is 3. The van der Waals surface area contributed by atoms with E-state index in [1.165, 1.54) is 103 Å². The molecule has 0 aliphatic carbocycles. The van der Waals surface area contributed by atoms with E-state index in [-0.39, 0.29) is 31.1 Å². The summed E-state index contributed by atoms with van der Waals surface area (Å²) in [4.78, 5) is 38.0. The van der Waals surface area contributed by atoms with Gasteiger partial charge >= 0.3 is 17.9 Å². The Morgan fingerprint density at radius 2 is 0.641 bits per heavy atom. The molecule has 0 bridgehead atoms. The zero-order chi connectivity index (χ0) is 46.5. The molecule has 64 heavy (non-hydrogen) atoms. The van der Waals surface area contributed by atoms with E-state index in [0.29, 0.717) is 19.3 Å². The predicted molar refractivity (Wildman–Crippen MR) is 274 cm³/mol. The van der Waals surface area contributed by atoms with Gasteiger partial charge in [-0.15, -0.1) is 0 Å². The van der Waals surface area contributed by atoms with E-state index in [1.807, 2.05) is 72.9 Å². The van der Waals surface area contributed by atoms with Crippen LogP contribution < -0.4 is 0 Å². The molecule has 0 heterocycles. The number of hydrogen-bond acceptors (Lipinski definition) is 6. The summed E-state index contributed by atoms with van der Waals surface area (Å²) in [5.41, 5.74) is 0. The van der Waals surface area contributed by atoms with Gasteiger partial charge < -0.3 is 14.2 Å². The van der Waals surface area contributed by atoms with Gasteiger partial charge in [-0.2, -0.15) is 0 Å². The zero-order valence-corrected chi connectivity index (χ0v) is 41.5. The third-order valence-corrected chi connectivity index (χ3v) is 11.0. The predicted octanol–water partition coefficient (Wildman–Crippen LogP) is 17.4. The molecule has 0 aliphatic heterocycles. The van der Waals surface area contributed by atoms with Crippen LogP contribution in [0.15, 0.2) is 97.2 Å². The fourth-order valence-corrected chi connectivity index (χ4v) is 7.05. The molecule has 0 N–H and O–H groups in total. The van der Waals surface area contributed by atoms with Crippen LogP contribution in [0, 0.1) is 0 Å². The summed E-state index contributed by atoms with van der Waals surface area (Å²) in [6, 6.07) is 0. The first-order valence-electron chi connectivity index (χ1n) is 26.3.